The van der Waals surface area contributed by atoms with Crippen molar-refractivity contribution in [3.63, 3.8) is 0 Å². The predicted molar refractivity (Wildman–Crippen MR) is 377 cm³/mol. The number of hydrogen-bond donors (Lipinski definition) is 3. The first kappa shape index (κ1) is 91.1. The van der Waals surface area contributed by atoms with E-state index in [2.05, 4.69) is 34.6 Å². The number of aliphatic hydroxyl groups is 1. The average Bonchev–Trinajstić information content (AvgIpc) is 1.88. The zero-order valence-electron chi connectivity index (χ0n) is 60.4. The molecular formula is C74H144O17P2. The second kappa shape index (κ2) is 67.3. The van der Waals surface area contributed by atoms with Crippen LogP contribution in [0, 0.1) is 5.92 Å². The first-order valence-corrected chi connectivity index (χ1v) is 41.6. The van der Waals surface area contributed by atoms with Crippen molar-refractivity contribution in [2.45, 2.75) is 406 Å². The molecular weight excluding hydrogens is 1220 g/mol. The Labute approximate surface area is 568 Å². The van der Waals surface area contributed by atoms with Crippen LogP contribution in [0.15, 0.2) is 0 Å². The number of rotatable bonds is 74. The molecule has 0 aromatic rings. The minimum atomic E-state index is -4.95. The Balaban J connectivity index is 5.21. The van der Waals surface area contributed by atoms with Crippen molar-refractivity contribution in [2.24, 2.45) is 5.92 Å². The molecule has 17 nitrogen and oxygen atoms in total. The minimum absolute atomic E-state index is 0.104. The fourth-order valence-corrected chi connectivity index (χ4v) is 12.9. The summed E-state index contributed by atoms with van der Waals surface area (Å²) in [6.45, 7) is 7.21. The number of phosphoric ester groups is 2. The molecule has 552 valence electrons. The van der Waals surface area contributed by atoms with Crippen LogP contribution in [0.3, 0.4) is 0 Å². The highest BCUT2D eigenvalue weighted by Gasteiger charge is 2.30. The average molecular weight is 1370 g/mol. The van der Waals surface area contributed by atoms with Crippen LogP contribution < -0.4 is 0 Å². The molecule has 0 aliphatic carbocycles. The molecule has 0 radical (unpaired) electrons. The van der Waals surface area contributed by atoms with Gasteiger partial charge in [-0.25, -0.2) is 9.13 Å². The van der Waals surface area contributed by atoms with Crippen LogP contribution in [0.25, 0.3) is 0 Å². The molecule has 0 spiro atoms. The van der Waals surface area contributed by atoms with Crippen molar-refractivity contribution >= 4 is 39.5 Å². The maximum Gasteiger partial charge on any atom is 0.472 e. The van der Waals surface area contributed by atoms with Gasteiger partial charge in [-0.2, -0.15) is 0 Å². The Morgan fingerprint density at radius 2 is 0.495 bits per heavy atom. The van der Waals surface area contributed by atoms with Gasteiger partial charge in [-0.05, 0) is 31.6 Å². The maximum absolute atomic E-state index is 13.1. The number of hydrogen-bond acceptors (Lipinski definition) is 15. The van der Waals surface area contributed by atoms with E-state index in [1.165, 1.54) is 212 Å². The standard InChI is InChI=1S/C74H144O17P2/c1-6-9-12-15-18-21-24-26-28-29-30-31-32-34-36-39-44-49-54-59-73(78)90-69(63-85-72(77)58-53-48-43-38-35-33-27-25-22-19-16-13-10-7-2)65-88-92(80,81)86-61-68(75)62-87-93(82,83)89-66-70(91-74(79)60-55-50-45-40-41-46-51-56-67(4)5)64-84-71(76)57-52-47-42-37-23-20-17-14-11-8-3/h67-70,75H,6-66H2,1-5H3,(H,80,81)(H,82,83)/t68-,69-,70-/m1/s1. The topological polar surface area (TPSA) is 237 Å². The second-order valence-electron chi connectivity index (χ2n) is 27.2. The highest BCUT2D eigenvalue weighted by atomic mass is 31.2. The van der Waals surface area contributed by atoms with Crippen LogP contribution in [0.5, 0.6) is 0 Å². The Morgan fingerprint density at radius 1 is 0.290 bits per heavy atom. The summed E-state index contributed by atoms with van der Waals surface area (Å²) in [5.74, 6) is -1.42. The number of unbranched alkanes of at least 4 members (excludes halogenated alkanes) is 46. The lowest BCUT2D eigenvalue weighted by atomic mass is 10.0. The lowest BCUT2D eigenvalue weighted by molar-refractivity contribution is -0.161. The first-order valence-electron chi connectivity index (χ1n) is 38.6. The summed E-state index contributed by atoms with van der Waals surface area (Å²) in [5, 5.41) is 10.6. The molecule has 19 heteroatoms. The van der Waals surface area contributed by atoms with Crippen LogP contribution in [0.1, 0.15) is 388 Å². The van der Waals surface area contributed by atoms with Gasteiger partial charge in [0.15, 0.2) is 12.2 Å². The Bertz CT molecular complexity index is 1790. The van der Waals surface area contributed by atoms with Gasteiger partial charge >= 0.3 is 39.5 Å². The van der Waals surface area contributed by atoms with E-state index >= 15 is 0 Å². The van der Waals surface area contributed by atoms with Crippen LogP contribution >= 0.6 is 15.6 Å². The molecule has 0 saturated carbocycles. The van der Waals surface area contributed by atoms with Gasteiger partial charge in [0, 0.05) is 25.7 Å². The summed E-state index contributed by atoms with van der Waals surface area (Å²) in [4.78, 5) is 72.7. The first-order chi connectivity index (χ1) is 45.0. The van der Waals surface area contributed by atoms with Gasteiger partial charge in [0.25, 0.3) is 0 Å². The van der Waals surface area contributed by atoms with Crippen molar-refractivity contribution in [2.75, 3.05) is 39.6 Å². The van der Waals surface area contributed by atoms with Crippen LogP contribution in [-0.4, -0.2) is 96.7 Å². The molecule has 0 fully saturated rings. The summed E-state index contributed by atoms with van der Waals surface area (Å²) < 4.78 is 68.4. The van der Waals surface area contributed by atoms with Crippen LogP contribution in [-0.2, 0) is 65.4 Å². The Morgan fingerprint density at radius 3 is 0.731 bits per heavy atom. The summed E-state index contributed by atoms with van der Waals surface area (Å²) in [6, 6.07) is 0. The quantitative estimate of drug-likeness (QED) is 0.0222. The van der Waals surface area contributed by atoms with Gasteiger partial charge in [-0.3, -0.25) is 37.3 Å². The van der Waals surface area contributed by atoms with Crippen molar-refractivity contribution in [1.82, 2.24) is 0 Å². The van der Waals surface area contributed by atoms with E-state index in [0.29, 0.717) is 31.6 Å². The SMILES string of the molecule is CCCCCCCCCCCCCCCCCCCCCC(=O)O[C@H](COC(=O)CCCCCCCCCCCCCCCC)COP(=O)(O)OC[C@@H](O)COP(=O)(O)OC[C@@H](COC(=O)CCCCCCCCCCCC)OC(=O)CCCCCCCCCC(C)C. The normalized spacial score (nSPS) is 14.0. The predicted octanol–water partition coefficient (Wildman–Crippen LogP) is 21.7. The van der Waals surface area contributed by atoms with E-state index in [1.54, 1.807) is 0 Å². The Hall–Kier alpha value is -1.94. The summed E-state index contributed by atoms with van der Waals surface area (Å²) in [5.41, 5.74) is 0. The van der Waals surface area contributed by atoms with Gasteiger partial charge in [0.1, 0.15) is 19.3 Å². The molecule has 3 N–H and O–H groups in total. The van der Waals surface area contributed by atoms with Crippen LogP contribution in [0.2, 0.25) is 0 Å². The highest BCUT2D eigenvalue weighted by Crippen LogP contribution is 2.45. The van der Waals surface area contributed by atoms with E-state index in [0.717, 1.165) is 89.9 Å². The third-order valence-electron chi connectivity index (χ3n) is 17.3. The molecule has 0 aromatic carbocycles. The molecule has 0 saturated heterocycles. The molecule has 93 heavy (non-hydrogen) atoms. The van der Waals surface area contributed by atoms with Crippen molar-refractivity contribution < 1.29 is 80.2 Å². The maximum atomic E-state index is 13.1. The van der Waals surface area contributed by atoms with Gasteiger partial charge in [0.2, 0.25) is 0 Å². The molecule has 0 aliphatic heterocycles. The van der Waals surface area contributed by atoms with Crippen LogP contribution in [0.4, 0.5) is 0 Å². The largest absolute Gasteiger partial charge is 0.472 e. The van der Waals surface area contributed by atoms with Gasteiger partial charge in [-0.15, -0.1) is 0 Å². The molecule has 0 rings (SSSR count). The smallest absolute Gasteiger partial charge is 0.462 e. The zero-order valence-corrected chi connectivity index (χ0v) is 62.2. The van der Waals surface area contributed by atoms with Gasteiger partial charge in [-0.1, -0.05) is 336 Å². The fourth-order valence-electron chi connectivity index (χ4n) is 11.4. The number of phosphoric acid groups is 2. The molecule has 0 bridgehead atoms. The third kappa shape index (κ3) is 68.4. The number of carbonyl (C=O) groups is 4. The summed E-state index contributed by atoms with van der Waals surface area (Å²) in [7, 11) is -9.90. The fraction of sp³-hybridized carbons (Fsp3) is 0.946. The zero-order chi connectivity index (χ0) is 68.4. The lowest BCUT2D eigenvalue weighted by Gasteiger charge is -2.21. The van der Waals surface area contributed by atoms with Crippen molar-refractivity contribution in [1.29, 1.82) is 0 Å². The number of aliphatic hydroxyl groups excluding tert-OH is 1. The lowest BCUT2D eigenvalue weighted by Crippen LogP contribution is -2.30. The number of esters is 4. The van der Waals surface area contributed by atoms with E-state index in [9.17, 15) is 43.2 Å². The van der Waals surface area contributed by atoms with E-state index in [1.807, 2.05) is 0 Å². The second-order valence-corrected chi connectivity index (χ2v) is 30.1. The Kier molecular flexibility index (Phi) is 65.9. The van der Waals surface area contributed by atoms with Crippen molar-refractivity contribution in [3.8, 4) is 0 Å². The van der Waals surface area contributed by atoms with Gasteiger partial charge in [0.05, 0.1) is 26.4 Å². The number of ether oxygens (including phenoxy) is 4. The molecule has 0 aliphatic rings. The molecule has 5 atom stereocenters. The van der Waals surface area contributed by atoms with Crippen molar-refractivity contribution in [3.05, 3.63) is 0 Å². The van der Waals surface area contributed by atoms with Gasteiger partial charge < -0.3 is 33.8 Å². The molecule has 0 heterocycles. The molecule has 2 unspecified atom stereocenters. The van der Waals surface area contributed by atoms with E-state index < -0.39 is 97.5 Å². The molecule has 0 amide bonds. The summed E-state index contributed by atoms with van der Waals surface area (Å²) >= 11 is 0. The van der Waals surface area contributed by atoms with E-state index in [4.69, 9.17) is 37.0 Å². The van der Waals surface area contributed by atoms with E-state index in [-0.39, 0.29) is 25.7 Å². The third-order valence-corrected chi connectivity index (χ3v) is 19.2. The highest BCUT2D eigenvalue weighted by molar-refractivity contribution is 7.47. The number of carbonyl (C=O) groups excluding carboxylic acids is 4. The monoisotopic (exact) mass is 1370 g/mol. The summed E-state index contributed by atoms with van der Waals surface area (Å²) in [6.07, 6.45) is 55.6. The molecule has 0 aromatic heterocycles. The minimum Gasteiger partial charge on any atom is -0.462 e.